The van der Waals surface area contributed by atoms with Crippen LogP contribution in [-0.4, -0.2) is 23.2 Å². The number of aromatic nitrogens is 1. The van der Waals surface area contributed by atoms with Crippen LogP contribution in [0.3, 0.4) is 0 Å². The molecule has 2 rings (SSSR count). The Bertz CT molecular complexity index is 578. The van der Waals surface area contributed by atoms with Crippen molar-refractivity contribution < 1.29 is 14.6 Å². The largest absolute Gasteiger partial charge is 0.494 e. The van der Waals surface area contributed by atoms with Gasteiger partial charge in [0.25, 0.3) is 0 Å². The summed E-state index contributed by atoms with van der Waals surface area (Å²) in [6.45, 7) is 2.02. The molecule has 1 heterocycles. The van der Waals surface area contributed by atoms with Gasteiger partial charge < -0.3 is 9.84 Å². The quantitative estimate of drug-likeness (QED) is 0.881. The molecule has 0 saturated carbocycles. The summed E-state index contributed by atoms with van der Waals surface area (Å²) >= 11 is 0. The van der Waals surface area contributed by atoms with Crippen molar-refractivity contribution in [2.45, 2.75) is 13.3 Å². The third-order valence-corrected chi connectivity index (χ3v) is 2.64. The Kier molecular flexibility index (Phi) is 2.95. The molecule has 4 nitrogen and oxygen atoms in total. The topological polar surface area (TPSA) is 59.4 Å². The molecular formula is C13H13NO3. The molecule has 1 aromatic heterocycles. The average molecular weight is 231 g/mol. The number of hydrogen-bond donors (Lipinski definition) is 1. The van der Waals surface area contributed by atoms with Crippen LogP contribution in [0.1, 0.15) is 23.0 Å². The lowest BCUT2D eigenvalue weighted by Crippen LogP contribution is -1.99. The Hall–Kier alpha value is -2.10. The molecule has 0 saturated heterocycles. The standard InChI is InChI=1S/C13H13NO3/c1-3-10-5-4-8-6-9(13(15)16)7-11(17-2)12(8)14-10/h4-7H,3H2,1-2H3,(H,15,16). The van der Waals surface area contributed by atoms with Crippen molar-refractivity contribution in [3.05, 3.63) is 35.5 Å². The predicted octanol–water partition coefficient (Wildman–Crippen LogP) is 2.50. The van der Waals surface area contributed by atoms with Crippen LogP contribution >= 0.6 is 0 Å². The summed E-state index contributed by atoms with van der Waals surface area (Å²) in [5.74, 6) is -0.472. The molecule has 0 aliphatic rings. The predicted molar refractivity (Wildman–Crippen MR) is 64.6 cm³/mol. The number of carbonyl (C=O) groups is 1. The van der Waals surface area contributed by atoms with E-state index in [0.29, 0.717) is 11.3 Å². The highest BCUT2D eigenvalue weighted by atomic mass is 16.5. The number of rotatable bonds is 3. The lowest BCUT2D eigenvalue weighted by molar-refractivity contribution is 0.0696. The molecule has 0 bridgehead atoms. The minimum Gasteiger partial charge on any atom is -0.494 e. The van der Waals surface area contributed by atoms with Crippen molar-refractivity contribution in [2.75, 3.05) is 7.11 Å². The number of fused-ring (bicyclic) bond motifs is 1. The summed E-state index contributed by atoms with van der Waals surface area (Å²) in [5, 5.41) is 9.77. The fourth-order valence-corrected chi connectivity index (χ4v) is 1.72. The van der Waals surface area contributed by atoms with E-state index in [1.165, 1.54) is 13.2 Å². The van der Waals surface area contributed by atoms with Gasteiger partial charge in [0.05, 0.1) is 12.7 Å². The average Bonchev–Trinajstić information content (AvgIpc) is 2.36. The van der Waals surface area contributed by atoms with E-state index in [1.807, 2.05) is 19.1 Å². The van der Waals surface area contributed by atoms with Gasteiger partial charge in [-0.05, 0) is 24.6 Å². The van der Waals surface area contributed by atoms with Gasteiger partial charge in [0.2, 0.25) is 0 Å². The third kappa shape index (κ3) is 2.06. The number of nitrogens with zero attached hydrogens (tertiary/aromatic N) is 1. The van der Waals surface area contributed by atoms with Crippen LogP contribution < -0.4 is 4.74 Å². The highest BCUT2D eigenvalue weighted by Gasteiger charge is 2.10. The Labute approximate surface area is 98.9 Å². The maximum atomic E-state index is 11.0. The zero-order chi connectivity index (χ0) is 12.4. The van der Waals surface area contributed by atoms with Gasteiger partial charge in [0.15, 0.2) is 0 Å². The molecule has 0 spiro atoms. The van der Waals surface area contributed by atoms with Crippen molar-refractivity contribution >= 4 is 16.9 Å². The molecule has 0 aliphatic heterocycles. The molecule has 17 heavy (non-hydrogen) atoms. The first kappa shape index (κ1) is 11.4. The van der Waals surface area contributed by atoms with E-state index < -0.39 is 5.97 Å². The first-order valence-electron chi connectivity index (χ1n) is 5.36. The van der Waals surface area contributed by atoms with E-state index in [-0.39, 0.29) is 5.56 Å². The molecule has 1 aromatic carbocycles. The van der Waals surface area contributed by atoms with E-state index in [9.17, 15) is 4.79 Å². The third-order valence-electron chi connectivity index (χ3n) is 2.64. The van der Waals surface area contributed by atoms with Gasteiger partial charge in [-0.2, -0.15) is 0 Å². The smallest absolute Gasteiger partial charge is 0.335 e. The molecule has 88 valence electrons. The van der Waals surface area contributed by atoms with Crippen molar-refractivity contribution in [1.29, 1.82) is 0 Å². The zero-order valence-electron chi connectivity index (χ0n) is 9.73. The van der Waals surface area contributed by atoms with E-state index in [0.717, 1.165) is 17.5 Å². The minimum atomic E-state index is -0.968. The number of carboxylic acids is 1. The summed E-state index contributed by atoms with van der Waals surface area (Å²) in [4.78, 5) is 15.4. The highest BCUT2D eigenvalue weighted by Crippen LogP contribution is 2.26. The van der Waals surface area contributed by atoms with Crippen LogP contribution in [0.5, 0.6) is 5.75 Å². The Morgan fingerprint density at radius 3 is 2.76 bits per heavy atom. The normalized spacial score (nSPS) is 10.5. The van der Waals surface area contributed by atoms with Crippen LogP contribution in [0.2, 0.25) is 0 Å². The van der Waals surface area contributed by atoms with Gasteiger partial charge >= 0.3 is 5.97 Å². The number of pyridine rings is 1. The molecule has 0 fully saturated rings. The van der Waals surface area contributed by atoms with E-state index in [2.05, 4.69) is 4.98 Å². The molecule has 0 unspecified atom stereocenters. The molecule has 1 N–H and O–H groups in total. The van der Waals surface area contributed by atoms with Gasteiger partial charge in [0.1, 0.15) is 11.3 Å². The van der Waals surface area contributed by atoms with Crippen molar-refractivity contribution in [3.63, 3.8) is 0 Å². The van der Waals surface area contributed by atoms with Gasteiger partial charge in [-0.25, -0.2) is 9.78 Å². The Morgan fingerprint density at radius 2 is 2.18 bits per heavy atom. The first-order chi connectivity index (χ1) is 8.15. The van der Waals surface area contributed by atoms with E-state index >= 15 is 0 Å². The summed E-state index contributed by atoms with van der Waals surface area (Å²) in [7, 11) is 1.51. The maximum absolute atomic E-state index is 11.0. The Morgan fingerprint density at radius 1 is 1.41 bits per heavy atom. The van der Waals surface area contributed by atoms with Crippen LogP contribution in [0.4, 0.5) is 0 Å². The highest BCUT2D eigenvalue weighted by molar-refractivity contribution is 5.96. The van der Waals surface area contributed by atoms with Crippen LogP contribution in [0.15, 0.2) is 24.3 Å². The van der Waals surface area contributed by atoms with Crippen LogP contribution in [0, 0.1) is 0 Å². The molecule has 0 radical (unpaired) electrons. The first-order valence-corrected chi connectivity index (χ1v) is 5.36. The zero-order valence-corrected chi connectivity index (χ0v) is 9.73. The monoisotopic (exact) mass is 231 g/mol. The van der Waals surface area contributed by atoms with Crippen molar-refractivity contribution in [2.24, 2.45) is 0 Å². The van der Waals surface area contributed by atoms with Gasteiger partial charge in [0, 0.05) is 11.1 Å². The molecular weight excluding hydrogens is 218 g/mol. The summed E-state index contributed by atoms with van der Waals surface area (Å²) in [6.07, 6.45) is 0.833. The second kappa shape index (κ2) is 4.41. The Balaban J connectivity index is 2.72. The summed E-state index contributed by atoms with van der Waals surface area (Å²) < 4.78 is 5.19. The number of methoxy groups -OCH3 is 1. The lowest BCUT2D eigenvalue weighted by atomic mass is 10.1. The van der Waals surface area contributed by atoms with Crippen LogP contribution in [-0.2, 0) is 6.42 Å². The summed E-state index contributed by atoms with van der Waals surface area (Å²) in [6, 6.07) is 6.87. The van der Waals surface area contributed by atoms with Crippen molar-refractivity contribution in [1.82, 2.24) is 4.98 Å². The molecule has 0 amide bonds. The van der Waals surface area contributed by atoms with E-state index in [4.69, 9.17) is 9.84 Å². The fraction of sp³-hybridized carbons (Fsp3) is 0.231. The van der Waals surface area contributed by atoms with Crippen LogP contribution in [0.25, 0.3) is 10.9 Å². The van der Waals surface area contributed by atoms with Gasteiger partial charge in [-0.15, -0.1) is 0 Å². The second-order valence-electron chi connectivity index (χ2n) is 3.71. The molecule has 0 atom stereocenters. The number of benzene rings is 1. The lowest BCUT2D eigenvalue weighted by Gasteiger charge is -2.07. The number of hydrogen-bond acceptors (Lipinski definition) is 3. The number of ether oxygens (including phenoxy) is 1. The van der Waals surface area contributed by atoms with E-state index in [1.54, 1.807) is 6.07 Å². The molecule has 2 aromatic rings. The number of carboxylic acid groups (broad SMARTS) is 1. The second-order valence-corrected chi connectivity index (χ2v) is 3.71. The summed E-state index contributed by atoms with van der Waals surface area (Å²) in [5.41, 5.74) is 1.87. The maximum Gasteiger partial charge on any atom is 0.335 e. The molecule has 4 heteroatoms. The fourth-order valence-electron chi connectivity index (χ4n) is 1.72. The minimum absolute atomic E-state index is 0.209. The SMILES string of the molecule is CCc1ccc2cc(C(=O)O)cc(OC)c2n1. The molecule has 0 aliphatic carbocycles. The van der Waals surface area contributed by atoms with Gasteiger partial charge in [-0.3, -0.25) is 0 Å². The number of aromatic carboxylic acids is 1. The number of aryl methyl sites for hydroxylation is 1. The van der Waals surface area contributed by atoms with Crippen molar-refractivity contribution in [3.8, 4) is 5.75 Å². The van der Waals surface area contributed by atoms with Gasteiger partial charge in [-0.1, -0.05) is 13.0 Å².